The number of rotatable bonds is 5. The zero-order valence-electron chi connectivity index (χ0n) is 13.3. The number of hydrogen-bond donors (Lipinski definition) is 1. The largest absolute Gasteiger partial charge is 0.310 e. The second kappa shape index (κ2) is 8.12. The Labute approximate surface area is 146 Å². The molecule has 0 spiro atoms. The van der Waals surface area contributed by atoms with Crippen LogP contribution in [0, 0.1) is 17.8 Å². The van der Waals surface area contributed by atoms with Gasteiger partial charge in [-0.25, -0.2) is 0 Å². The summed E-state index contributed by atoms with van der Waals surface area (Å²) in [7, 11) is 0. The third-order valence-corrected chi connectivity index (χ3v) is 5.46. The summed E-state index contributed by atoms with van der Waals surface area (Å²) >= 11 is 7.28. The highest BCUT2D eigenvalue weighted by Gasteiger charge is 2.30. The lowest BCUT2D eigenvalue weighted by Gasteiger charge is -2.37. The summed E-state index contributed by atoms with van der Waals surface area (Å²) in [5.74, 6) is 2.44. The fraction of sp³-hybridized carbons (Fsp3) is 0.667. The van der Waals surface area contributed by atoms with Gasteiger partial charge in [-0.05, 0) is 73.7 Å². The summed E-state index contributed by atoms with van der Waals surface area (Å²) in [5, 5.41) is 3.81. The SMILES string of the molecule is CCCNC(c1cc(Br)cc(Br)c1)C1CC(C)CC(C)C1. The van der Waals surface area contributed by atoms with E-state index >= 15 is 0 Å². The fourth-order valence-corrected chi connectivity index (χ4v) is 5.22. The first-order valence-electron chi connectivity index (χ1n) is 8.19. The Balaban J connectivity index is 2.24. The average molecular weight is 417 g/mol. The van der Waals surface area contributed by atoms with Crippen molar-refractivity contribution in [3.63, 3.8) is 0 Å². The molecular weight excluding hydrogens is 390 g/mol. The first-order chi connectivity index (χ1) is 9.99. The Morgan fingerprint density at radius 1 is 1.05 bits per heavy atom. The Morgan fingerprint density at radius 2 is 1.62 bits per heavy atom. The Morgan fingerprint density at radius 3 is 2.14 bits per heavy atom. The van der Waals surface area contributed by atoms with Gasteiger partial charge in [0.2, 0.25) is 0 Å². The van der Waals surface area contributed by atoms with Crippen LogP contribution in [0.4, 0.5) is 0 Å². The predicted molar refractivity (Wildman–Crippen MR) is 98.5 cm³/mol. The standard InChI is InChI=1S/C18H27Br2N/c1-4-5-21-18(14-7-12(2)6-13(3)8-14)15-9-16(19)11-17(20)10-15/h9-14,18,21H,4-8H2,1-3H3. The van der Waals surface area contributed by atoms with Crippen LogP contribution in [-0.2, 0) is 0 Å². The number of hydrogen-bond acceptors (Lipinski definition) is 1. The fourth-order valence-electron chi connectivity index (χ4n) is 3.89. The van der Waals surface area contributed by atoms with E-state index < -0.39 is 0 Å². The van der Waals surface area contributed by atoms with Crippen LogP contribution in [0.1, 0.15) is 58.1 Å². The second-order valence-electron chi connectivity index (χ2n) is 6.81. The molecule has 3 atom stereocenters. The molecule has 1 aliphatic carbocycles. The van der Waals surface area contributed by atoms with Gasteiger partial charge in [-0.3, -0.25) is 0 Å². The van der Waals surface area contributed by atoms with E-state index in [4.69, 9.17) is 0 Å². The van der Waals surface area contributed by atoms with Crippen LogP contribution < -0.4 is 5.32 Å². The first kappa shape index (κ1) is 17.5. The Bertz CT molecular complexity index is 430. The van der Waals surface area contributed by atoms with Crippen molar-refractivity contribution < 1.29 is 0 Å². The van der Waals surface area contributed by atoms with Crippen LogP contribution in [0.2, 0.25) is 0 Å². The van der Waals surface area contributed by atoms with Gasteiger partial charge in [0, 0.05) is 15.0 Å². The Hall–Kier alpha value is 0.140. The molecule has 1 aromatic carbocycles. The summed E-state index contributed by atoms with van der Waals surface area (Å²) in [4.78, 5) is 0. The highest BCUT2D eigenvalue weighted by molar-refractivity contribution is 9.11. The normalized spacial score (nSPS) is 27.6. The summed E-state index contributed by atoms with van der Waals surface area (Å²) in [5.41, 5.74) is 1.41. The van der Waals surface area contributed by atoms with Crippen LogP contribution in [-0.4, -0.2) is 6.54 Å². The van der Waals surface area contributed by atoms with Gasteiger partial charge in [0.15, 0.2) is 0 Å². The molecule has 0 aliphatic heterocycles. The van der Waals surface area contributed by atoms with Crippen LogP contribution in [0.5, 0.6) is 0 Å². The molecule has 1 aliphatic rings. The summed E-state index contributed by atoms with van der Waals surface area (Å²) in [6, 6.07) is 7.15. The highest BCUT2D eigenvalue weighted by atomic mass is 79.9. The molecule has 0 aromatic heterocycles. The monoisotopic (exact) mass is 415 g/mol. The van der Waals surface area contributed by atoms with Crippen molar-refractivity contribution in [2.75, 3.05) is 6.54 Å². The van der Waals surface area contributed by atoms with Gasteiger partial charge in [0.05, 0.1) is 0 Å². The Kier molecular flexibility index (Phi) is 6.77. The number of benzene rings is 1. The van der Waals surface area contributed by atoms with Crippen molar-refractivity contribution in [2.24, 2.45) is 17.8 Å². The van der Waals surface area contributed by atoms with Gasteiger partial charge in [0.1, 0.15) is 0 Å². The molecule has 3 unspecified atom stereocenters. The van der Waals surface area contributed by atoms with Gasteiger partial charge in [-0.15, -0.1) is 0 Å². The quantitative estimate of drug-likeness (QED) is 0.591. The molecule has 3 heteroatoms. The molecule has 2 rings (SSSR count). The van der Waals surface area contributed by atoms with Crippen molar-refractivity contribution in [1.29, 1.82) is 0 Å². The summed E-state index contributed by atoms with van der Waals surface area (Å²) in [6.07, 6.45) is 5.26. The number of halogens is 2. The minimum atomic E-state index is 0.476. The molecular formula is C18H27Br2N. The lowest BCUT2D eigenvalue weighted by Crippen LogP contribution is -2.33. The number of nitrogens with one attached hydrogen (secondary N) is 1. The van der Waals surface area contributed by atoms with E-state index in [1.807, 2.05) is 0 Å². The lowest BCUT2D eigenvalue weighted by atomic mass is 9.72. The smallest absolute Gasteiger partial charge is 0.0349 e. The zero-order valence-corrected chi connectivity index (χ0v) is 16.5. The van der Waals surface area contributed by atoms with Gasteiger partial charge in [-0.2, -0.15) is 0 Å². The van der Waals surface area contributed by atoms with Gasteiger partial charge in [-0.1, -0.05) is 52.6 Å². The first-order valence-corrected chi connectivity index (χ1v) is 9.77. The van der Waals surface area contributed by atoms with E-state index in [0.717, 1.165) is 33.2 Å². The molecule has 1 aromatic rings. The van der Waals surface area contributed by atoms with E-state index in [-0.39, 0.29) is 0 Å². The topological polar surface area (TPSA) is 12.0 Å². The molecule has 0 radical (unpaired) electrons. The van der Waals surface area contributed by atoms with Gasteiger partial charge >= 0.3 is 0 Å². The van der Waals surface area contributed by atoms with Gasteiger partial charge in [0.25, 0.3) is 0 Å². The van der Waals surface area contributed by atoms with Crippen LogP contribution in [0.3, 0.4) is 0 Å². The van der Waals surface area contributed by atoms with Gasteiger partial charge < -0.3 is 5.32 Å². The zero-order chi connectivity index (χ0) is 15.4. The van der Waals surface area contributed by atoms with E-state index in [1.54, 1.807) is 0 Å². The molecule has 21 heavy (non-hydrogen) atoms. The average Bonchev–Trinajstić information content (AvgIpc) is 2.37. The van der Waals surface area contributed by atoms with Crippen LogP contribution in [0.25, 0.3) is 0 Å². The summed E-state index contributed by atoms with van der Waals surface area (Å²) in [6.45, 7) is 8.16. The third kappa shape index (κ3) is 5.07. The van der Waals surface area contributed by atoms with E-state index in [2.05, 4.69) is 76.1 Å². The maximum atomic E-state index is 3.81. The second-order valence-corrected chi connectivity index (χ2v) is 8.64. The van der Waals surface area contributed by atoms with E-state index in [0.29, 0.717) is 6.04 Å². The van der Waals surface area contributed by atoms with E-state index in [9.17, 15) is 0 Å². The van der Waals surface area contributed by atoms with Crippen molar-refractivity contribution in [3.8, 4) is 0 Å². The predicted octanol–water partition coefficient (Wildman–Crippen LogP) is 6.32. The molecule has 118 valence electrons. The third-order valence-electron chi connectivity index (χ3n) is 4.54. The maximum Gasteiger partial charge on any atom is 0.0349 e. The van der Waals surface area contributed by atoms with Crippen LogP contribution in [0.15, 0.2) is 27.1 Å². The molecule has 0 heterocycles. The van der Waals surface area contributed by atoms with Crippen molar-refractivity contribution >= 4 is 31.9 Å². The molecule has 1 N–H and O–H groups in total. The molecule has 0 bridgehead atoms. The molecule has 1 nitrogen and oxygen atoms in total. The lowest BCUT2D eigenvalue weighted by molar-refractivity contribution is 0.176. The molecule has 0 saturated heterocycles. The maximum absolute atomic E-state index is 3.81. The highest BCUT2D eigenvalue weighted by Crippen LogP contribution is 2.40. The van der Waals surface area contributed by atoms with E-state index in [1.165, 1.54) is 31.2 Å². The summed E-state index contributed by atoms with van der Waals surface area (Å²) < 4.78 is 2.32. The van der Waals surface area contributed by atoms with Crippen LogP contribution >= 0.6 is 31.9 Å². The molecule has 1 fully saturated rings. The van der Waals surface area contributed by atoms with Crippen molar-refractivity contribution in [1.82, 2.24) is 5.32 Å². The minimum absolute atomic E-state index is 0.476. The molecule has 1 saturated carbocycles. The van der Waals surface area contributed by atoms with Crippen molar-refractivity contribution in [2.45, 2.75) is 52.5 Å². The molecule has 0 amide bonds. The minimum Gasteiger partial charge on any atom is -0.310 e. The van der Waals surface area contributed by atoms with Crippen molar-refractivity contribution in [3.05, 3.63) is 32.7 Å².